The van der Waals surface area contributed by atoms with Gasteiger partial charge >= 0.3 is 0 Å². The third-order valence-electron chi connectivity index (χ3n) is 2.76. The van der Waals surface area contributed by atoms with Gasteiger partial charge in [0.25, 0.3) is 0 Å². The van der Waals surface area contributed by atoms with Crippen LogP contribution in [0.15, 0.2) is 0 Å². The smallest absolute Gasteiger partial charge is 0.121 e. The van der Waals surface area contributed by atoms with Crippen LogP contribution in [0.2, 0.25) is 78.6 Å². The second kappa shape index (κ2) is 6.87. The van der Waals surface area contributed by atoms with Gasteiger partial charge in [0.2, 0.25) is 0 Å². The van der Waals surface area contributed by atoms with Gasteiger partial charge < -0.3 is 0 Å². The summed E-state index contributed by atoms with van der Waals surface area (Å²) >= 11 is 0. The zero-order chi connectivity index (χ0) is 16.6. The number of rotatable bonds is 6. The third-order valence-corrected chi connectivity index (χ3v) is 28.1. The number of hydrogen-bond donors (Lipinski definition) is 0. The van der Waals surface area contributed by atoms with Gasteiger partial charge in [0.1, 0.15) is 32.9 Å². The molecule has 0 aromatic rings. The van der Waals surface area contributed by atoms with E-state index in [4.69, 9.17) is 0 Å². The molecule has 0 spiro atoms. The summed E-state index contributed by atoms with van der Waals surface area (Å²) in [6.07, 6.45) is 0. The summed E-state index contributed by atoms with van der Waals surface area (Å²) in [5.74, 6) is 0. The van der Waals surface area contributed by atoms with Gasteiger partial charge in [-0.3, -0.25) is 8.00 Å². The molecule has 0 aromatic heterocycles. The van der Waals surface area contributed by atoms with Gasteiger partial charge in [0, 0.05) is 16.0 Å². The Morgan fingerprint density at radius 1 is 0.400 bits per heavy atom. The molecule has 0 atom stereocenters. The minimum atomic E-state index is -1.23. The van der Waals surface area contributed by atoms with Crippen LogP contribution in [0.5, 0.6) is 0 Å². The van der Waals surface area contributed by atoms with Crippen molar-refractivity contribution in [3.05, 3.63) is 0 Å². The first-order chi connectivity index (χ1) is 8.47. The van der Waals surface area contributed by atoms with E-state index in [2.05, 4.69) is 86.6 Å². The van der Waals surface area contributed by atoms with Gasteiger partial charge in [-0.15, -0.1) is 0 Å². The Morgan fingerprint density at radius 2 is 0.550 bits per heavy atom. The number of nitrogens with zero attached hydrogens (tertiary/aromatic N) is 2. The maximum Gasteiger partial charge on any atom is 0.121 e. The second-order valence-electron chi connectivity index (χ2n) is 9.49. The van der Waals surface area contributed by atoms with Gasteiger partial charge in [0.15, 0.2) is 0 Å². The van der Waals surface area contributed by atoms with E-state index in [1.807, 2.05) is 0 Å². The van der Waals surface area contributed by atoms with Crippen LogP contribution in [0.25, 0.3) is 0 Å². The fourth-order valence-corrected chi connectivity index (χ4v) is 34.8. The van der Waals surface area contributed by atoms with Crippen molar-refractivity contribution in [1.82, 2.24) is 8.00 Å². The molecule has 0 fully saturated rings. The Bertz CT molecular complexity index is 286. The molecule has 0 radical (unpaired) electrons. The van der Waals surface area contributed by atoms with Crippen molar-refractivity contribution in [2.75, 3.05) is 0 Å². The quantitative estimate of drug-likeness (QED) is 0.379. The topological polar surface area (TPSA) is 6.48 Å². The minimum absolute atomic E-state index is 1.23. The highest BCUT2D eigenvalue weighted by Gasteiger charge is 2.36. The summed E-state index contributed by atoms with van der Waals surface area (Å²) in [4.78, 5) is 0. The van der Waals surface area contributed by atoms with Crippen LogP contribution in [0, 0.1) is 0 Å². The molecule has 0 aromatic carbocycles. The largest absolute Gasteiger partial charge is 0.295 e. The lowest BCUT2D eigenvalue weighted by Crippen LogP contribution is -2.54. The maximum atomic E-state index is 2.90. The van der Waals surface area contributed by atoms with Crippen molar-refractivity contribution < 1.29 is 0 Å². The molecule has 0 aliphatic carbocycles. The minimum Gasteiger partial charge on any atom is -0.295 e. The molecule has 0 aliphatic heterocycles. The van der Waals surface area contributed by atoms with E-state index in [0.717, 1.165) is 0 Å². The first kappa shape index (κ1) is 21.4. The Kier molecular flexibility index (Phi) is 7.35. The molecule has 120 valence electrons. The van der Waals surface area contributed by atoms with Crippen LogP contribution in [-0.4, -0.2) is 40.9 Å². The third kappa shape index (κ3) is 7.10. The van der Waals surface area contributed by atoms with Crippen LogP contribution in [0.3, 0.4) is 0 Å². The lowest BCUT2D eigenvalue weighted by atomic mass is 11.8. The molecule has 0 rings (SSSR count). The zero-order valence-electron chi connectivity index (χ0n) is 15.8. The molecule has 0 heterocycles. The lowest BCUT2D eigenvalue weighted by molar-refractivity contribution is 0.985. The van der Waals surface area contributed by atoms with Gasteiger partial charge in [-0.25, -0.2) is 0 Å². The molecule has 0 bridgehead atoms. The summed E-state index contributed by atoms with van der Waals surface area (Å²) in [5, 5.41) is 0. The SMILES string of the molecule is C[Si](C)(C)N(P=PN([Si](C)(C)C)[Si](C)(C)C)[Si](C)(C)C. The van der Waals surface area contributed by atoms with Crippen molar-refractivity contribution in [2.45, 2.75) is 78.6 Å². The van der Waals surface area contributed by atoms with Crippen LogP contribution >= 0.6 is 16.0 Å². The standard InChI is InChI=1S/C12H36N2P2Si4/c1-17(2,3)13(18(4,5)6)15-16-14(19(7,8)9)20(10,11)12/h1-12H3. The average Bonchev–Trinajstić information content (AvgIpc) is 2.02. The highest BCUT2D eigenvalue weighted by molar-refractivity contribution is 7.84. The lowest BCUT2D eigenvalue weighted by Gasteiger charge is -2.43. The molecular weight excluding hydrogens is 346 g/mol. The van der Waals surface area contributed by atoms with Gasteiger partial charge in [-0.1, -0.05) is 78.6 Å². The Labute approximate surface area is 135 Å². The molecule has 0 N–H and O–H groups in total. The van der Waals surface area contributed by atoms with E-state index in [9.17, 15) is 0 Å². The van der Waals surface area contributed by atoms with Crippen molar-refractivity contribution in [2.24, 2.45) is 0 Å². The molecule has 0 saturated heterocycles. The monoisotopic (exact) mass is 382 g/mol. The summed E-state index contributed by atoms with van der Waals surface area (Å²) in [5.41, 5.74) is 0. The van der Waals surface area contributed by atoms with Gasteiger partial charge in [0.05, 0.1) is 0 Å². The molecule has 0 saturated carbocycles. The maximum absolute atomic E-state index is 2.90. The molecule has 8 heteroatoms. The Balaban J connectivity index is 5.50. The average molecular weight is 383 g/mol. The first-order valence-electron chi connectivity index (χ1n) is 7.49. The summed E-state index contributed by atoms with van der Waals surface area (Å²) < 4.78 is 5.80. The van der Waals surface area contributed by atoms with E-state index >= 15 is 0 Å². The highest BCUT2D eigenvalue weighted by Crippen LogP contribution is 2.39. The van der Waals surface area contributed by atoms with E-state index < -0.39 is 32.9 Å². The normalized spacial score (nSPS) is 15.7. The molecule has 0 aliphatic rings. The molecular formula is C12H36N2P2Si4. The molecule has 0 unspecified atom stereocenters. The van der Waals surface area contributed by atoms with E-state index in [0.29, 0.717) is 0 Å². The van der Waals surface area contributed by atoms with Crippen LogP contribution in [0.4, 0.5) is 0 Å². The van der Waals surface area contributed by atoms with Crippen LogP contribution in [-0.2, 0) is 0 Å². The fraction of sp³-hybridized carbons (Fsp3) is 1.00. The predicted octanol–water partition coefficient (Wildman–Crippen LogP) is 6.57. The first-order valence-corrected chi connectivity index (χ1v) is 23.7. The van der Waals surface area contributed by atoms with Crippen molar-refractivity contribution >= 4 is 49.0 Å². The van der Waals surface area contributed by atoms with Gasteiger partial charge in [-0.05, 0) is 0 Å². The Hall–Kier alpha value is 1.39. The fourth-order valence-electron chi connectivity index (χ4n) is 2.63. The summed E-state index contributed by atoms with van der Waals surface area (Å²) in [6, 6.07) is 0. The van der Waals surface area contributed by atoms with Crippen molar-refractivity contribution in [3.63, 3.8) is 0 Å². The molecule has 20 heavy (non-hydrogen) atoms. The van der Waals surface area contributed by atoms with Crippen molar-refractivity contribution in [1.29, 1.82) is 0 Å². The second-order valence-corrected chi connectivity index (χ2v) is 33.3. The van der Waals surface area contributed by atoms with Crippen molar-refractivity contribution in [3.8, 4) is 0 Å². The summed E-state index contributed by atoms with van der Waals surface area (Å²) in [7, 11) is -1.81. The summed E-state index contributed by atoms with van der Waals surface area (Å²) in [6.45, 7) is 30.0. The highest BCUT2D eigenvalue weighted by atomic mass is 31.7. The van der Waals surface area contributed by atoms with E-state index in [1.54, 1.807) is 16.0 Å². The van der Waals surface area contributed by atoms with Crippen LogP contribution in [0.1, 0.15) is 0 Å². The van der Waals surface area contributed by atoms with Gasteiger partial charge in [-0.2, -0.15) is 0 Å². The van der Waals surface area contributed by atoms with E-state index in [1.165, 1.54) is 0 Å². The molecule has 2 nitrogen and oxygen atoms in total. The Morgan fingerprint density at radius 3 is 0.650 bits per heavy atom. The van der Waals surface area contributed by atoms with E-state index in [-0.39, 0.29) is 0 Å². The number of hydrogen-bond acceptors (Lipinski definition) is 0. The predicted molar refractivity (Wildman–Crippen MR) is 111 cm³/mol. The zero-order valence-corrected chi connectivity index (χ0v) is 21.6. The van der Waals surface area contributed by atoms with Crippen LogP contribution < -0.4 is 0 Å². The molecule has 0 amide bonds.